The Bertz CT molecular complexity index is 414. The van der Waals surface area contributed by atoms with Crippen LogP contribution in [0.5, 0.6) is 0 Å². The Balaban J connectivity index is 1.77. The molecule has 0 aromatic heterocycles. The second-order valence-electron chi connectivity index (χ2n) is 7.56. The number of rotatable bonds is 4. The smallest absolute Gasteiger partial charge is 0.410 e. The second kappa shape index (κ2) is 7.99. The summed E-state index contributed by atoms with van der Waals surface area (Å²) in [7, 11) is 0. The summed E-state index contributed by atoms with van der Waals surface area (Å²) in [6.45, 7) is 7.85. The topological polar surface area (TPSA) is 70.7 Å². The molecule has 0 aliphatic carbocycles. The van der Waals surface area contributed by atoms with Crippen molar-refractivity contribution in [1.82, 2.24) is 15.5 Å². The lowest BCUT2D eigenvalue weighted by molar-refractivity contribution is -0.125. The van der Waals surface area contributed by atoms with E-state index in [0.717, 1.165) is 19.4 Å². The lowest BCUT2D eigenvalue weighted by Crippen LogP contribution is -2.48. The molecule has 0 aromatic carbocycles. The van der Waals surface area contributed by atoms with Crippen LogP contribution in [-0.4, -0.2) is 54.2 Å². The van der Waals surface area contributed by atoms with E-state index in [9.17, 15) is 9.59 Å². The number of piperidine rings is 1. The predicted octanol–water partition coefficient (Wildman–Crippen LogP) is 2.03. The molecule has 2 atom stereocenters. The monoisotopic (exact) mass is 325 g/mol. The first-order valence-corrected chi connectivity index (χ1v) is 8.87. The van der Waals surface area contributed by atoms with Gasteiger partial charge in [0, 0.05) is 19.1 Å². The summed E-state index contributed by atoms with van der Waals surface area (Å²) in [5, 5.41) is 6.47. The van der Waals surface area contributed by atoms with Gasteiger partial charge in [0.2, 0.25) is 5.91 Å². The fraction of sp³-hybridized carbons (Fsp3) is 0.882. The maximum absolute atomic E-state index is 12.4. The number of ether oxygens (including phenoxy) is 1. The third-order valence-electron chi connectivity index (χ3n) is 4.39. The third kappa shape index (κ3) is 5.68. The van der Waals surface area contributed by atoms with Gasteiger partial charge in [-0.2, -0.15) is 0 Å². The van der Waals surface area contributed by atoms with E-state index in [1.54, 1.807) is 4.90 Å². The Morgan fingerprint density at radius 3 is 2.65 bits per heavy atom. The van der Waals surface area contributed by atoms with Gasteiger partial charge >= 0.3 is 6.09 Å². The summed E-state index contributed by atoms with van der Waals surface area (Å²) >= 11 is 0. The molecule has 0 saturated carbocycles. The summed E-state index contributed by atoms with van der Waals surface area (Å²) < 4.78 is 5.40. The molecular weight excluding hydrogens is 294 g/mol. The molecule has 2 heterocycles. The van der Waals surface area contributed by atoms with Gasteiger partial charge in [0.05, 0.1) is 0 Å². The van der Waals surface area contributed by atoms with Crippen LogP contribution in [0.25, 0.3) is 0 Å². The van der Waals surface area contributed by atoms with Gasteiger partial charge in [-0.25, -0.2) is 4.79 Å². The molecule has 0 bridgehead atoms. The minimum Gasteiger partial charge on any atom is -0.444 e. The third-order valence-corrected chi connectivity index (χ3v) is 4.39. The van der Waals surface area contributed by atoms with Crippen LogP contribution < -0.4 is 10.6 Å². The standard InChI is InChI=1S/C17H31N3O3/c1-17(2,3)23-16(22)20-12-6-8-14(20)15(21)19-11-9-13-7-4-5-10-18-13/h13-14,18H,4-12H2,1-3H3,(H,19,21). The first kappa shape index (κ1) is 18.0. The molecule has 0 spiro atoms. The first-order chi connectivity index (χ1) is 10.9. The van der Waals surface area contributed by atoms with E-state index in [-0.39, 0.29) is 18.0 Å². The highest BCUT2D eigenvalue weighted by molar-refractivity contribution is 5.86. The Labute approximate surface area is 139 Å². The van der Waals surface area contributed by atoms with Crippen molar-refractivity contribution in [1.29, 1.82) is 0 Å². The van der Waals surface area contributed by atoms with Gasteiger partial charge < -0.3 is 15.4 Å². The molecule has 23 heavy (non-hydrogen) atoms. The van der Waals surface area contributed by atoms with E-state index in [4.69, 9.17) is 4.74 Å². The average molecular weight is 325 g/mol. The highest BCUT2D eigenvalue weighted by Crippen LogP contribution is 2.21. The lowest BCUT2D eigenvalue weighted by atomic mass is 10.0. The Hall–Kier alpha value is -1.30. The lowest BCUT2D eigenvalue weighted by Gasteiger charge is -2.28. The molecule has 2 saturated heterocycles. The van der Waals surface area contributed by atoms with Crippen molar-refractivity contribution in [2.75, 3.05) is 19.6 Å². The van der Waals surface area contributed by atoms with Crippen molar-refractivity contribution < 1.29 is 14.3 Å². The van der Waals surface area contributed by atoms with E-state index >= 15 is 0 Å². The Morgan fingerprint density at radius 2 is 2.00 bits per heavy atom. The van der Waals surface area contributed by atoms with Crippen LogP contribution in [0.4, 0.5) is 4.79 Å². The van der Waals surface area contributed by atoms with E-state index in [1.807, 2.05) is 20.8 Å². The molecule has 2 fully saturated rings. The van der Waals surface area contributed by atoms with Crippen LogP contribution in [0.2, 0.25) is 0 Å². The largest absolute Gasteiger partial charge is 0.444 e. The zero-order valence-electron chi connectivity index (χ0n) is 14.7. The van der Waals surface area contributed by atoms with Crippen molar-refractivity contribution in [3.63, 3.8) is 0 Å². The normalized spacial score (nSPS) is 25.3. The van der Waals surface area contributed by atoms with Crippen LogP contribution in [0.3, 0.4) is 0 Å². The van der Waals surface area contributed by atoms with Crippen molar-refractivity contribution in [3.8, 4) is 0 Å². The maximum atomic E-state index is 12.4. The molecule has 6 heteroatoms. The van der Waals surface area contributed by atoms with Crippen molar-refractivity contribution in [2.24, 2.45) is 0 Å². The van der Waals surface area contributed by atoms with E-state index in [0.29, 0.717) is 25.6 Å². The minimum atomic E-state index is -0.534. The van der Waals surface area contributed by atoms with E-state index in [1.165, 1.54) is 19.3 Å². The quantitative estimate of drug-likeness (QED) is 0.830. The van der Waals surface area contributed by atoms with Gasteiger partial charge in [-0.3, -0.25) is 9.69 Å². The number of hydrogen-bond donors (Lipinski definition) is 2. The molecule has 0 aromatic rings. The number of likely N-dealkylation sites (tertiary alicyclic amines) is 1. The number of hydrogen-bond acceptors (Lipinski definition) is 4. The summed E-state index contributed by atoms with van der Waals surface area (Å²) in [4.78, 5) is 26.2. The molecule has 132 valence electrons. The van der Waals surface area contributed by atoms with Gasteiger partial charge in [-0.15, -0.1) is 0 Å². The summed E-state index contributed by atoms with van der Waals surface area (Å²) in [6, 6.07) is 0.124. The molecule has 2 amide bonds. The fourth-order valence-corrected chi connectivity index (χ4v) is 3.24. The molecule has 2 rings (SSSR count). The van der Waals surface area contributed by atoms with Crippen molar-refractivity contribution in [2.45, 2.75) is 77.0 Å². The Kier molecular flexibility index (Phi) is 6.27. The van der Waals surface area contributed by atoms with Gasteiger partial charge in [-0.1, -0.05) is 6.42 Å². The maximum Gasteiger partial charge on any atom is 0.410 e. The number of carbonyl (C=O) groups excluding carboxylic acids is 2. The van der Waals surface area contributed by atoms with E-state index in [2.05, 4.69) is 10.6 Å². The summed E-state index contributed by atoms with van der Waals surface area (Å²) in [5.41, 5.74) is -0.534. The molecule has 0 radical (unpaired) electrons. The number of nitrogens with zero attached hydrogens (tertiary/aromatic N) is 1. The average Bonchev–Trinajstić information content (AvgIpc) is 2.96. The molecule has 2 aliphatic rings. The molecule has 2 unspecified atom stereocenters. The van der Waals surface area contributed by atoms with Crippen LogP contribution in [0, 0.1) is 0 Å². The van der Waals surface area contributed by atoms with Crippen LogP contribution in [0.1, 0.15) is 59.3 Å². The summed E-state index contributed by atoms with van der Waals surface area (Å²) in [5.74, 6) is -0.0517. The van der Waals surface area contributed by atoms with Crippen LogP contribution in [0.15, 0.2) is 0 Å². The van der Waals surface area contributed by atoms with Crippen LogP contribution in [-0.2, 0) is 9.53 Å². The second-order valence-corrected chi connectivity index (χ2v) is 7.56. The molecule has 6 nitrogen and oxygen atoms in total. The first-order valence-electron chi connectivity index (χ1n) is 8.87. The van der Waals surface area contributed by atoms with Crippen molar-refractivity contribution in [3.05, 3.63) is 0 Å². The predicted molar refractivity (Wildman–Crippen MR) is 89.2 cm³/mol. The zero-order chi connectivity index (χ0) is 16.9. The molecular formula is C17H31N3O3. The van der Waals surface area contributed by atoms with Gasteiger partial charge in [0.15, 0.2) is 0 Å². The summed E-state index contributed by atoms with van der Waals surface area (Å²) in [6.07, 6.45) is 5.82. The highest BCUT2D eigenvalue weighted by Gasteiger charge is 2.36. The van der Waals surface area contributed by atoms with Crippen molar-refractivity contribution >= 4 is 12.0 Å². The zero-order valence-corrected chi connectivity index (χ0v) is 14.7. The van der Waals surface area contributed by atoms with Gasteiger partial charge in [-0.05, 0) is 59.4 Å². The number of carbonyl (C=O) groups is 2. The highest BCUT2D eigenvalue weighted by atomic mass is 16.6. The molecule has 2 N–H and O–H groups in total. The fourth-order valence-electron chi connectivity index (χ4n) is 3.24. The van der Waals surface area contributed by atoms with Gasteiger partial charge in [0.25, 0.3) is 0 Å². The van der Waals surface area contributed by atoms with Gasteiger partial charge in [0.1, 0.15) is 11.6 Å². The molecule has 2 aliphatic heterocycles. The number of amides is 2. The van der Waals surface area contributed by atoms with Crippen LogP contribution >= 0.6 is 0 Å². The van der Waals surface area contributed by atoms with E-state index < -0.39 is 5.60 Å². The minimum absolute atomic E-state index is 0.0517. The number of nitrogens with one attached hydrogen (secondary N) is 2. The Morgan fingerprint density at radius 1 is 1.22 bits per heavy atom. The SMILES string of the molecule is CC(C)(C)OC(=O)N1CCCC1C(=O)NCCC1CCCCN1.